The van der Waals surface area contributed by atoms with Crippen molar-refractivity contribution in [2.75, 3.05) is 19.0 Å². The highest BCUT2D eigenvalue weighted by Gasteiger charge is 2.09. The van der Waals surface area contributed by atoms with Crippen molar-refractivity contribution in [3.8, 4) is 11.8 Å². The summed E-state index contributed by atoms with van der Waals surface area (Å²) >= 11 is 0. The molecule has 0 aliphatic heterocycles. The maximum Gasteiger partial charge on any atom is 0.143 e. The third-order valence-electron chi connectivity index (χ3n) is 2.73. The largest absolute Gasteiger partial charge is 0.495 e. The molecule has 2 rings (SSSR count). The molecule has 0 saturated heterocycles. The summed E-state index contributed by atoms with van der Waals surface area (Å²) in [7, 11) is 1.55. The van der Waals surface area contributed by atoms with E-state index in [4.69, 9.17) is 15.1 Å². The van der Waals surface area contributed by atoms with Gasteiger partial charge in [0.2, 0.25) is 0 Å². The first-order valence-electron chi connectivity index (χ1n) is 6.09. The molecule has 0 aliphatic rings. The summed E-state index contributed by atoms with van der Waals surface area (Å²) in [6.45, 7) is 0.840. The van der Waals surface area contributed by atoms with E-state index in [-0.39, 0.29) is 6.61 Å². The van der Waals surface area contributed by atoms with Crippen LogP contribution in [0.3, 0.4) is 0 Å². The van der Waals surface area contributed by atoms with E-state index in [1.165, 1.54) is 0 Å². The predicted octanol–water partition coefficient (Wildman–Crippen LogP) is 0.763. The van der Waals surface area contributed by atoms with Gasteiger partial charge in [-0.1, -0.05) is 11.3 Å². The third kappa shape index (κ3) is 3.05. The zero-order valence-electron chi connectivity index (χ0n) is 11.1. The van der Waals surface area contributed by atoms with E-state index >= 15 is 0 Å². The molecule has 1 aromatic heterocycles. The highest BCUT2D eigenvalue weighted by molar-refractivity contribution is 5.66. The van der Waals surface area contributed by atoms with Crippen LogP contribution in [0.2, 0.25) is 0 Å². The lowest BCUT2D eigenvalue weighted by Crippen LogP contribution is -2.04. The predicted molar refractivity (Wildman–Crippen MR) is 72.1 cm³/mol. The number of methoxy groups -OCH3 is 1. The molecule has 2 N–H and O–H groups in total. The molecular weight excluding hydrogens is 258 g/mol. The van der Waals surface area contributed by atoms with E-state index in [9.17, 15) is 0 Å². The van der Waals surface area contributed by atoms with Crippen LogP contribution in [-0.4, -0.2) is 33.8 Å². The zero-order valence-corrected chi connectivity index (χ0v) is 11.1. The molecule has 1 heterocycles. The second-order valence-electron chi connectivity index (χ2n) is 4.04. The van der Waals surface area contributed by atoms with Crippen molar-refractivity contribution in [3.63, 3.8) is 0 Å². The van der Waals surface area contributed by atoms with Crippen LogP contribution in [0.15, 0.2) is 24.4 Å². The summed E-state index contributed by atoms with van der Waals surface area (Å²) in [5, 5.41) is 28.9. The number of hydrogen-bond acceptors (Lipinski definition) is 6. The van der Waals surface area contributed by atoms with Crippen molar-refractivity contribution in [3.05, 3.63) is 35.7 Å². The lowest BCUT2D eigenvalue weighted by Gasteiger charge is -2.11. The van der Waals surface area contributed by atoms with Crippen LogP contribution in [0.5, 0.6) is 5.75 Å². The van der Waals surface area contributed by atoms with Crippen LogP contribution in [-0.2, 0) is 13.1 Å². The molecule has 0 fully saturated rings. The molecule has 0 atom stereocenters. The normalized spacial score (nSPS) is 10.1. The molecule has 0 saturated carbocycles. The van der Waals surface area contributed by atoms with Crippen molar-refractivity contribution in [2.24, 2.45) is 0 Å². The Kier molecular flexibility index (Phi) is 4.52. The fourth-order valence-corrected chi connectivity index (χ4v) is 1.79. The minimum absolute atomic E-state index is 0.0152. The number of aliphatic hydroxyl groups is 1. The molecule has 2 aromatic rings. The number of rotatable bonds is 6. The highest BCUT2D eigenvalue weighted by atomic mass is 16.5. The summed E-state index contributed by atoms with van der Waals surface area (Å²) in [5.74, 6) is 0.604. The maximum atomic E-state index is 9.10. The molecule has 0 aliphatic carbocycles. The van der Waals surface area contributed by atoms with Crippen LogP contribution in [0.1, 0.15) is 11.3 Å². The quantitative estimate of drug-likeness (QED) is 0.806. The average Bonchev–Trinajstić information content (AvgIpc) is 2.92. The molecule has 104 valence electrons. The minimum atomic E-state index is 0.0152. The lowest BCUT2D eigenvalue weighted by atomic mass is 10.1. The summed E-state index contributed by atoms with van der Waals surface area (Å²) < 4.78 is 6.79. The van der Waals surface area contributed by atoms with Crippen LogP contribution < -0.4 is 10.1 Å². The summed E-state index contributed by atoms with van der Waals surface area (Å²) in [4.78, 5) is 0. The Morgan fingerprint density at radius 1 is 1.50 bits per heavy atom. The molecule has 1 aromatic carbocycles. The molecule has 0 spiro atoms. The van der Waals surface area contributed by atoms with Gasteiger partial charge in [0.15, 0.2) is 0 Å². The number of ether oxygens (including phenoxy) is 1. The van der Waals surface area contributed by atoms with Gasteiger partial charge in [-0.15, -0.1) is 5.10 Å². The van der Waals surface area contributed by atoms with E-state index < -0.39 is 0 Å². The van der Waals surface area contributed by atoms with Crippen LogP contribution in [0.25, 0.3) is 0 Å². The Bertz CT molecular complexity index is 617. The van der Waals surface area contributed by atoms with E-state index in [1.807, 2.05) is 0 Å². The van der Waals surface area contributed by atoms with E-state index in [2.05, 4.69) is 21.7 Å². The number of aromatic nitrogens is 3. The Balaban J connectivity index is 2.12. The lowest BCUT2D eigenvalue weighted by molar-refractivity contribution is 0.268. The molecule has 0 bridgehead atoms. The van der Waals surface area contributed by atoms with Crippen molar-refractivity contribution < 1.29 is 9.84 Å². The van der Waals surface area contributed by atoms with Crippen molar-refractivity contribution in [1.29, 1.82) is 5.26 Å². The molecule has 0 radical (unpaired) electrons. The van der Waals surface area contributed by atoms with Crippen molar-refractivity contribution in [1.82, 2.24) is 15.0 Å². The molecule has 0 amide bonds. The first-order valence-corrected chi connectivity index (χ1v) is 6.09. The van der Waals surface area contributed by atoms with Gasteiger partial charge >= 0.3 is 0 Å². The van der Waals surface area contributed by atoms with Gasteiger partial charge in [0, 0.05) is 0 Å². The second-order valence-corrected chi connectivity index (χ2v) is 4.04. The molecule has 7 heteroatoms. The van der Waals surface area contributed by atoms with Gasteiger partial charge in [-0.25, -0.2) is 4.68 Å². The van der Waals surface area contributed by atoms with Gasteiger partial charge in [-0.2, -0.15) is 5.26 Å². The fraction of sp³-hybridized carbons (Fsp3) is 0.308. The van der Waals surface area contributed by atoms with E-state index in [0.29, 0.717) is 35.8 Å². The van der Waals surface area contributed by atoms with Crippen LogP contribution in [0.4, 0.5) is 5.69 Å². The monoisotopic (exact) mass is 273 g/mol. The standard InChI is InChI=1S/C13H15N5O2/c1-20-12-4-2-3-10(7-14)13(12)15-8-11-9-18(5-6-19)17-16-11/h2-4,9,15,19H,5-6,8H2,1H3. The number of aliphatic hydroxyl groups excluding tert-OH is 1. The maximum absolute atomic E-state index is 9.10. The first kappa shape index (κ1) is 13.8. The Hall–Kier alpha value is -2.59. The van der Waals surface area contributed by atoms with Gasteiger partial charge < -0.3 is 15.2 Å². The first-order chi connectivity index (χ1) is 9.78. The molecule has 20 heavy (non-hydrogen) atoms. The Labute approximate surface area is 116 Å². The number of anilines is 1. The minimum Gasteiger partial charge on any atom is -0.495 e. The number of nitrogens with one attached hydrogen (secondary N) is 1. The summed E-state index contributed by atoms with van der Waals surface area (Å²) in [6, 6.07) is 7.38. The summed E-state index contributed by atoms with van der Waals surface area (Å²) in [5.41, 5.74) is 1.86. The molecular formula is C13H15N5O2. The number of benzene rings is 1. The second kappa shape index (κ2) is 6.54. The van der Waals surface area contributed by atoms with Crippen molar-refractivity contribution in [2.45, 2.75) is 13.1 Å². The van der Waals surface area contributed by atoms with E-state index in [1.54, 1.807) is 36.2 Å². The van der Waals surface area contributed by atoms with E-state index in [0.717, 1.165) is 0 Å². The van der Waals surface area contributed by atoms with Crippen LogP contribution >= 0.6 is 0 Å². The molecule has 7 nitrogen and oxygen atoms in total. The average molecular weight is 273 g/mol. The SMILES string of the molecule is COc1cccc(C#N)c1NCc1cn(CCO)nn1. The fourth-order valence-electron chi connectivity index (χ4n) is 1.79. The summed E-state index contributed by atoms with van der Waals surface area (Å²) in [6.07, 6.45) is 1.74. The van der Waals surface area contributed by atoms with Gasteiger partial charge in [-0.3, -0.25) is 0 Å². The smallest absolute Gasteiger partial charge is 0.143 e. The zero-order chi connectivity index (χ0) is 14.4. The number of para-hydroxylation sites is 1. The Morgan fingerprint density at radius 3 is 3.05 bits per heavy atom. The third-order valence-corrected chi connectivity index (χ3v) is 2.73. The van der Waals surface area contributed by atoms with Gasteiger partial charge in [-0.05, 0) is 12.1 Å². The van der Waals surface area contributed by atoms with Crippen molar-refractivity contribution >= 4 is 5.69 Å². The number of nitriles is 1. The highest BCUT2D eigenvalue weighted by Crippen LogP contribution is 2.28. The Morgan fingerprint density at radius 2 is 2.35 bits per heavy atom. The van der Waals surface area contributed by atoms with Gasteiger partial charge in [0.05, 0.1) is 44.3 Å². The van der Waals surface area contributed by atoms with Gasteiger partial charge in [0.1, 0.15) is 17.5 Å². The van der Waals surface area contributed by atoms with Crippen LogP contribution in [0, 0.1) is 11.3 Å². The number of hydrogen-bond donors (Lipinski definition) is 2. The van der Waals surface area contributed by atoms with Gasteiger partial charge in [0.25, 0.3) is 0 Å². The topological polar surface area (TPSA) is 96.0 Å². The molecule has 0 unspecified atom stereocenters. The number of nitrogens with zero attached hydrogens (tertiary/aromatic N) is 4.